The maximum Gasteiger partial charge on any atom is 0.211 e. The summed E-state index contributed by atoms with van der Waals surface area (Å²) in [5, 5.41) is 3.09. The summed E-state index contributed by atoms with van der Waals surface area (Å²) in [5.74, 6) is -0.0233. The van der Waals surface area contributed by atoms with Gasteiger partial charge in [0.25, 0.3) is 0 Å². The van der Waals surface area contributed by atoms with Gasteiger partial charge in [0.1, 0.15) is 0 Å². The van der Waals surface area contributed by atoms with Crippen molar-refractivity contribution in [1.82, 2.24) is 14.6 Å². The molecule has 1 aliphatic heterocycles. The number of aromatic nitrogens is 1. The molecule has 0 amide bonds. The average Bonchev–Trinajstić information content (AvgIpc) is 2.45. The van der Waals surface area contributed by atoms with Gasteiger partial charge in [-0.1, -0.05) is 6.92 Å². The lowest BCUT2D eigenvalue weighted by atomic mass is 10.2. The maximum absolute atomic E-state index is 14.4. The van der Waals surface area contributed by atoms with Crippen LogP contribution in [0.1, 0.15) is 12.5 Å². The molecule has 0 atom stereocenters. The number of nitrogens with one attached hydrogen (secondary N) is 1. The van der Waals surface area contributed by atoms with Crippen molar-refractivity contribution >= 4 is 15.8 Å². The number of hydrogen-bond acceptors (Lipinski definition) is 5. The van der Waals surface area contributed by atoms with Gasteiger partial charge < -0.3 is 10.2 Å². The second-order valence-corrected chi connectivity index (χ2v) is 7.02. The van der Waals surface area contributed by atoms with Crippen LogP contribution < -0.4 is 10.2 Å². The quantitative estimate of drug-likeness (QED) is 0.852. The van der Waals surface area contributed by atoms with E-state index in [0.717, 1.165) is 6.54 Å². The van der Waals surface area contributed by atoms with Crippen LogP contribution in [-0.2, 0) is 16.6 Å². The van der Waals surface area contributed by atoms with E-state index in [1.807, 2.05) is 6.92 Å². The molecule has 2 rings (SSSR count). The number of anilines is 1. The second-order valence-electron chi connectivity index (χ2n) is 5.04. The summed E-state index contributed by atoms with van der Waals surface area (Å²) in [6, 6.07) is 1.66. The summed E-state index contributed by atoms with van der Waals surface area (Å²) in [7, 11) is -3.18. The van der Waals surface area contributed by atoms with Gasteiger partial charge in [0.2, 0.25) is 10.0 Å². The molecule has 2 heterocycles. The molecule has 0 saturated carbocycles. The Bertz CT molecular complexity index is 586. The molecule has 8 heteroatoms. The van der Waals surface area contributed by atoms with E-state index in [1.165, 1.54) is 10.6 Å². The number of sulfonamides is 1. The minimum Gasteiger partial charge on any atom is -0.352 e. The van der Waals surface area contributed by atoms with Gasteiger partial charge >= 0.3 is 0 Å². The molecule has 118 valence electrons. The largest absolute Gasteiger partial charge is 0.352 e. The van der Waals surface area contributed by atoms with Crippen LogP contribution >= 0.6 is 0 Å². The van der Waals surface area contributed by atoms with Gasteiger partial charge in [0, 0.05) is 44.5 Å². The molecule has 1 fully saturated rings. The van der Waals surface area contributed by atoms with E-state index in [9.17, 15) is 12.8 Å². The number of rotatable bonds is 5. The Morgan fingerprint density at radius 3 is 2.57 bits per heavy atom. The van der Waals surface area contributed by atoms with Crippen LogP contribution in [0, 0.1) is 5.82 Å². The smallest absolute Gasteiger partial charge is 0.211 e. The third-order valence-electron chi connectivity index (χ3n) is 3.52. The van der Waals surface area contributed by atoms with E-state index in [2.05, 4.69) is 10.3 Å². The van der Waals surface area contributed by atoms with Crippen molar-refractivity contribution in [2.45, 2.75) is 13.5 Å². The number of halogens is 1. The Labute approximate surface area is 125 Å². The molecule has 1 aromatic rings. The normalized spacial score (nSPS) is 17.2. The Morgan fingerprint density at radius 2 is 2.00 bits per heavy atom. The van der Waals surface area contributed by atoms with Crippen LogP contribution in [0.3, 0.4) is 0 Å². The molecule has 0 radical (unpaired) electrons. The van der Waals surface area contributed by atoms with Gasteiger partial charge in [-0.25, -0.2) is 17.8 Å². The number of nitrogens with zero attached hydrogens (tertiary/aromatic N) is 3. The fraction of sp³-hybridized carbons (Fsp3) is 0.615. The van der Waals surface area contributed by atoms with Gasteiger partial charge in [0.15, 0.2) is 11.6 Å². The first kappa shape index (κ1) is 16.1. The summed E-state index contributed by atoms with van der Waals surface area (Å²) in [6.07, 6.45) is 2.78. The lowest BCUT2D eigenvalue weighted by molar-refractivity contribution is 0.384. The van der Waals surface area contributed by atoms with Gasteiger partial charge in [0.05, 0.1) is 6.26 Å². The molecule has 1 N–H and O–H groups in total. The van der Waals surface area contributed by atoms with Crippen LogP contribution in [0.4, 0.5) is 10.2 Å². The topological polar surface area (TPSA) is 65.5 Å². The molecular weight excluding hydrogens is 295 g/mol. The molecule has 0 unspecified atom stereocenters. The molecule has 1 aliphatic rings. The zero-order chi connectivity index (χ0) is 15.5. The van der Waals surface area contributed by atoms with E-state index < -0.39 is 10.0 Å². The molecule has 21 heavy (non-hydrogen) atoms. The van der Waals surface area contributed by atoms with Gasteiger partial charge in [-0.15, -0.1) is 0 Å². The zero-order valence-corrected chi connectivity index (χ0v) is 13.2. The molecular formula is C13H21FN4O2S. The third kappa shape index (κ3) is 3.90. The average molecular weight is 316 g/mol. The Kier molecular flexibility index (Phi) is 5.13. The minimum atomic E-state index is -3.18. The molecule has 0 aliphatic carbocycles. The second kappa shape index (κ2) is 6.67. The molecule has 1 saturated heterocycles. The Morgan fingerprint density at radius 1 is 1.33 bits per heavy atom. The fourth-order valence-electron chi connectivity index (χ4n) is 2.32. The first-order chi connectivity index (χ1) is 9.93. The SMILES string of the molecule is CCNCc1ccnc(N2CCN(S(C)(=O)=O)CC2)c1F. The van der Waals surface area contributed by atoms with Crippen molar-refractivity contribution < 1.29 is 12.8 Å². The summed E-state index contributed by atoms with van der Waals surface area (Å²) in [4.78, 5) is 5.91. The molecule has 0 spiro atoms. The highest BCUT2D eigenvalue weighted by molar-refractivity contribution is 7.88. The maximum atomic E-state index is 14.4. The van der Waals surface area contributed by atoms with Gasteiger partial charge in [-0.3, -0.25) is 0 Å². The van der Waals surface area contributed by atoms with Crippen molar-refractivity contribution in [2.24, 2.45) is 0 Å². The van der Waals surface area contributed by atoms with Crippen molar-refractivity contribution in [1.29, 1.82) is 0 Å². The number of hydrogen-bond donors (Lipinski definition) is 1. The zero-order valence-electron chi connectivity index (χ0n) is 12.3. The highest BCUT2D eigenvalue weighted by Gasteiger charge is 2.26. The summed E-state index contributed by atoms with van der Waals surface area (Å²) >= 11 is 0. The molecule has 6 nitrogen and oxygen atoms in total. The highest BCUT2D eigenvalue weighted by atomic mass is 32.2. The van der Waals surface area contributed by atoms with Gasteiger partial charge in [-0.05, 0) is 12.6 Å². The van der Waals surface area contributed by atoms with E-state index in [1.54, 1.807) is 17.2 Å². The minimum absolute atomic E-state index is 0.304. The van der Waals surface area contributed by atoms with Crippen LogP contribution in [0.15, 0.2) is 12.3 Å². The fourth-order valence-corrected chi connectivity index (χ4v) is 3.15. The van der Waals surface area contributed by atoms with Crippen LogP contribution in [0.2, 0.25) is 0 Å². The highest BCUT2D eigenvalue weighted by Crippen LogP contribution is 2.21. The standard InChI is InChI=1S/C13H21FN4O2S/c1-3-15-10-11-4-5-16-13(12(11)14)17-6-8-18(9-7-17)21(2,19)20/h4-5,15H,3,6-10H2,1-2H3. The van der Waals surface area contributed by atoms with Crippen LogP contribution in [0.25, 0.3) is 0 Å². The van der Waals surface area contributed by atoms with Gasteiger partial charge in [-0.2, -0.15) is 4.31 Å². The predicted molar refractivity (Wildman–Crippen MR) is 80.2 cm³/mol. The first-order valence-corrected chi connectivity index (χ1v) is 8.82. The summed E-state index contributed by atoms with van der Waals surface area (Å²) in [5.41, 5.74) is 0.576. The molecule has 1 aromatic heterocycles. The van der Waals surface area contributed by atoms with E-state index in [4.69, 9.17) is 0 Å². The van der Waals surface area contributed by atoms with E-state index in [-0.39, 0.29) is 5.82 Å². The predicted octanol–water partition coefficient (Wildman–Crippen LogP) is 0.412. The summed E-state index contributed by atoms with van der Waals surface area (Å²) in [6.45, 7) is 4.80. The van der Waals surface area contributed by atoms with Crippen molar-refractivity contribution in [3.63, 3.8) is 0 Å². The number of pyridine rings is 1. The monoisotopic (exact) mass is 316 g/mol. The Balaban J connectivity index is 2.10. The first-order valence-electron chi connectivity index (χ1n) is 6.97. The van der Waals surface area contributed by atoms with E-state index in [0.29, 0.717) is 44.1 Å². The van der Waals surface area contributed by atoms with Crippen molar-refractivity contribution in [3.05, 3.63) is 23.6 Å². The third-order valence-corrected chi connectivity index (χ3v) is 4.83. The van der Waals surface area contributed by atoms with Crippen molar-refractivity contribution in [3.8, 4) is 0 Å². The lowest BCUT2D eigenvalue weighted by Gasteiger charge is -2.34. The molecule has 0 bridgehead atoms. The van der Waals surface area contributed by atoms with E-state index >= 15 is 0 Å². The summed E-state index contributed by atoms with van der Waals surface area (Å²) < 4.78 is 38.8. The van der Waals surface area contributed by atoms with Crippen LogP contribution in [0.5, 0.6) is 0 Å². The van der Waals surface area contributed by atoms with Crippen molar-refractivity contribution in [2.75, 3.05) is 43.9 Å². The number of piperazine rings is 1. The Hall–Kier alpha value is -1.25. The van der Waals surface area contributed by atoms with Crippen LogP contribution in [-0.4, -0.2) is 56.7 Å². The lowest BCUT2D eigenvalue weighted by Crippen LogP contribution is -2.48. The molecule has 0 aromatic carbocycles.